The van der Waals surface area contributed by atoms with E-state index in [2.05, 4.69) is 11.1 Å². The quantitative estimate of drug-likeness (QED) is 0.598. The molecule has 8 heteroatoms. The topological polar surface area (TPSA) is 79.0 Å². The Balaban J connectivity index is 1.53. The third kappa shape index (κ3) is 3.45. The number of hydrogen-bond donors (Lipinski definition) is 1. The molecule has 0 aliphatic carbocycles. The van der Waals surface area contributed by atoms with Crippen LogP contribution in [0.3, 0.4) is 0 Å². The lowest BCUT2D eigenvalue weighted by molar-refractivity contribution is 0.0850. The predicted molar refractivity (Wildman–Crippen MR) is 122 cm³/mol. The number of halogens is 2. The van der Waals surface area contributed by atoms with Gasteiger partial charge in [0.25, 0.3) is 0 Å². The Morgan fingerprint density at radius 2 is 1.82 bits per heavy atom. The van der Waals surface area contributed by atoms with Crippen LogP contribution in [-0.2, 0) is 15.0 Å². The van der Waals surface area contributed by atoms with E-state index >= 15 is 0 Å². The van der Waals surface area contributed by atoms with Crippen molar-refractivity contribution in [3.05, 3.63) is 77.0 Å². The maximum Gasteiger partial charge on any atom is 0.225 e. The lowest BCUT2D eigenvalue weighted by Crippen LogP contribution is -2.42. The molecule has 6 rings (SSSR count). The number of pyridine rings is 1. The number of amidine groups is 1. The van der Waals surface area contributed by atoms with Crippen LogP contribution in [0.1, 0.15) is 35.4 Å². The van der Waals surface area contributed by atoms with Crippen molar-refractivity contribution in [1.82, 2.24) is 4.98 Å². The molecular formula is C26H23F2N3O3. The Morgan fingerprint density at radius 1 is 0.971 bits per heavy atom. The molecule has 3 aliphatic heterocycles. The summed E-state index contributed by atoms with van der Waals surface area (Å²) in [5, 5.41) is 0. The van der Waals surface area contributed by atoms with E-state index in [1.165, 1.54) is 6.07 Å². The largest absolute Gasteiger partial charge is 0.438 e. The minimum atomic E-state index is -1.00. The normalized spacial score (nSPS) is 22.0. The van der Waals surface area contributed by atoms with Gasteiger partial charge < -0.3 is 19.9 Å². The van der Waals surface area contributed by atoms with Crippen molar-refractivity contribution in [3.8, 4) is 22.8 Å². The Labute approximate surface area is 195 Å². The fourth-order valence-corrected chi connectivity index (χ4v) is 5.07. The standard InChI is InChI=1S/C26H23F2N3O3/c27-18-2-3-22(28)19(11-18)16-1-4-23-20(9-16)26(14-33-13-24(29)31-26)21-10-17(12-30-25(21)34-23)15-5-7-32-8-6-15/h1-4,9-12,15H,5-8,13-14H2,(H2,29,31)/t26-/m0/s1. The molecule has 1 fully saturated rings. The minimum Gasteiger partial charge on any atom is -0.438 e. The molecular weight excluding hydrogens is 440 g/mol. The van der Waals surface area contributed by atoms with Crippen LogP contribution in [0.5, 0.6) is 11.6 Å². The molecule has 0 unspecified atom stereocenters. The Kier molecular flexibility index (Phi) is 5.08. The van der Waals surface area contributed by atoms with Gasteiger partial charge in [-0.3, -0.25) is 4.99 Å². The molecule has 34 heavy (non-hydrogen) atoms. The molecule has 2 aromatic carbocycles. The molecule has 174 valence electrons. The highest BCUT2D eigenvalue weighted by Gasteiger charge is 2.46. The number of fused-ring (bicyclic) bond motifs is 4. The van der Waals surface area contributed by atoms with Gasteiger partial charge in [0.15, 0.2) is 0 Å². The van der Waals surface area contributed by atoms with Gasteiger partial charge in [0.2, 0.25) is 5.88 Å². The lowest BCUT2D eigenvalue weighted by atomic mass is 9.79. The first-order valence-corrected chi connectivity index (χ1v) is 11.3. The Hall–Kier alpha value is -3.36. The van der Waals surface area contributed by atoms with Gasteiger partial charge in [-0.05, 0) is 66.3 Å². The van der Waals surface area contributed by atoms with Crippen LogP contribution in [0.25, 0.3) is 11.1 Å². The van der Waals surface area contributed by atoms with E-state index in [0.29, 0.717) is 47.7 Å². The van der Waals surface area contributed by atoms with Gasteiger partial charge in [0.05, 0.1) is 6.61 Å². The lowest BCUT2D eigenvalue weighted by Gasteiger charge is -2.39. The van der Waals surface area contributed by atoms with Crippen molar-refractivity contribution >= 4 is 5.84 Å². The second-order valence-electron chi connectivity index (χ2n) is 8.90. The zero-order valence-corrected chi connectivity index (χ0v) is 18.4. The molecule has 1 atom stereocenters. The fourth-order valence-electron chi connectivity index (χ4n) is 5.07. The first-order chi connectivity index (χ1) is 16.5. The number of aromatic nitrogens is 1. The van der Waals surface area contributed by atoms with E-state index in [-0.39, 0.29) is 18.8 Å². The number of ether oxygens (including phenoxy) is 3. The van der Waals surface area contributed by atoms with Crippen molar-refractivity contribution in [1.29, 1.82) is 0 Å². The molecule has 4 heterocycles. The summed E-state index contributed by atoms with van der Waals surface area (Å²) in [6.45, 7) is 1.87. The molecule has 0 bridgehead atoms. The van der Waals surface area contributed by atoms with Crippen LogP contribution >= 0.6 is 0 Å². The van der Waals surface area contributed by atoms with Crippen molar-refractivity contribution in [2.45, 2.75) is 24.3 Å². The third-order valence-corrected chi connectivity index (χ3v) is 6.78. The molecule has 6 nitrogen and oxygen atoms in total. The molecule has 1 saturated heterocycles. The summed E-state index contributed by atoms with van der Waals surface area (Å²) in [5.74, 6) is 0.613. The second kappa shape index (κ2) is 8.14. The Bertz CT molecular complexity index is 1310. The fraction of sp³-hybridized carbons (Fsp3) is 0.308. The van der Waals surface area contributed by atoms with Crippen LogP contribution in [0.15, 0.2) is 53.7 Å². The van der Waals surface area contributed by atoms with Crippen molar-refractivity contribution in [2.75, 3.05) is 26.4 Å². The monoisotopic (exact) mass is 463 g/mol. The summed E-state index contributed by atoms with van der Waals surface area (Å²) in [4.78, 5) is 9.51. The van der Waals surface area contributed by atoms with Crippen molar-refractivity contribution < 1.29 is 23.0 Å². The van der Waals surface area contributed by atoms with Crippen LogP contribution in [0.4, 0.5) is 8.78 Å². The second-order valence-corrected chi connectivity index (χ2v) is 8.90. The first kappa shape index (κ1) is 21.2. The molecule has 0 amide bonds. The van der Waals surface area contributed by atoms with Crippen LogP contribution in [0.2, 0.25) is 0 Å². The zero-order valence-electron chi connectivity index (χ0n) is 18.4. The Morgan fingerprint density at radius 3 is 2.65 bits per heavy atom. The van der Waals surface area contributed by atoms with E-state index in [0.717, 1.165) is 36.1 Å². The van der Waals surface area contributed by atoms with Crippen molar-refractivity contribution in [3.63, 3.8) is 0 Å². The molecule has 3 aliphatic rings. The van der Waals surface area contributed by atoms with Gasteiger partial charge >= 0.3 is 0 Å². The van der Waals surface area contributed by atoms with Crippen LogP contribution < -0.4 is 10.5 Å². The number of hydrogen-bond acceptors (Lipinski definition) is 6. The maximum atomic E-state index is 14.6. The molecule has 0 radical (unpaired) electrons. The number of nitrogens with zero attached hydrogens (tertiary/aromatic N) is 2. The number of nitrogens with two attached hydrogens (primary N) is 1. The highest BCUT2D eigenvalue weighted by Crippen LogP contribution is 2.51. The summed E-state index contributed by atoms with van der Waals surface area (Å²) in [5.41, 5.74) is 8.35. The molecule has 0 saturated carbocycles. The average Bonchev–Trinajstić information content (AvgIpc) is 2.86. The van der Waals surface area contributed by atoms with Gasteiger partial charge in [-0.15, -0.1) is 0 Å². The highest BCUT2D eigenvalue weighted by molar-refractivity contribution is 5.84. The van der Waals surface area contributed by atoms with Crippen LogP contribution in [-0.4, -0.2) is 37.2 Å². The maximum absolute atomic E-state index is 14.6. The molecule has 2 N–H and O–H groups in total. The van der Waals surface area contributed by atoms with Gasteiger partial charge in [-0.2, -0.15) is 0 Å². The summed E-state index contributed by atoms with van der Waals surface area (Å²) in [6.07, 6.45) is 3.67. The van der Waals surface area contributed by atoms with Gasteiger partial charge in [-0.1, -0.05) is 6.07 Å². The van der Waals surface area contributed by atoms with E-state index in [9.17, 15) is 8.78 Å². The SMILES string of the molecule is NC1=N[C@@]2(COC1)c1cc(-c3cc(F)ccc3F)ccc1Oc1ncc(C3CCOCC3)cc12. The van der Waals surface area contributed by atoms with Crippen molar-refractivity contribution in [2.24, 2.45) is 10.7 Å². The van der Waals surface area contributed by atoms with E-state index in [1.807, 2.05) is 6.20 Å². The average molecular weight is 463 g/mol. The minimum absolute atomic E-state index is 0.159. The van der Waals surface area contributed by atoms with Gasteiger partial charge in [0.1, 0.15) is 35.4 Å². The summed E-state index contributed by atoms with van der Waals surface area (Å²) < 4.78 is 46.1. The van der Waals surface area contributed by atoms with Gasteiger partial charge in [0, 0.05) is 36.1 Å². The number of rotatable bonds is 2. The van der Waals surface area contributed by atoms with Crippen LogP contribution in [0, 0.1) is 11.6 Å². The van der Waals surface area contributed by atoms with E-state index in [4.69, 9.17) is 24.9 Å². The number of benzene rings is 2. The highest BCUT2D eigenvalue weighted by atomic mass is 19.1. The molecule has 1 aromatic heterocycles. The number of aliphatic imine (C=N–C) groups is 1. The summed E-state index contributed by atoms with van der Waals surface area (Å²) >= 11 is 0. The zero-order chi connectivity index (χ0) is 23.3. The molecule has 3 aromatic rings. The summed E-state index contributed by atoms with van der Waals surface area (Å²) in [7, 11) is 0. The predicted octanol–water partition coefficient (Wildman–Crippen LogP) is 4.66. The smallest absolute Gasteiger partial charge is 0.225 e. The third-order valence-electron chi connectivity index (χ3n) is 6.78. The first-order valence-electron chi connectivity index (χ1n) is 11.3. The summed E-state index contributed by atoms with van der Waals surface area (Å²) in [6, 6.07) is 10.7. The van der Waals surface area contributed by atoms with Gasteiger partial charge in [-0.25, -0.2) is 13.8 Å². The van der Waals surface area contributed by atoms with E-state index < -0.39 is 17.2 Å². The molecule has 1 spiro atoms. The van der Waals surface area contributed by atoms with E-state index in [1.54, 1.807) is 18.2 Å².